The molecule has 0 saturated heterocycles. The van der Waals surface area contributed by atoms with Gasteiger partial charge < -0.3 is 0 Å². The second kappa shape index (κ2) is 39.2. The van der Waals surface area contributed by atoms with Crippen molar-refractivity contribution >= 4 is 0 Å². The third kappa shape index (κ3) is 42.6. The highest BCUT2D eigenvalue weighted by molar-refractivity contribution is 4.66. The smallest absolute Gasteiger partial charge is 0.0394 e. The molecule has 0 nitrogen and oxygen atoms in total. The fourth-order valence-electron chi connectivity index (χ4n) is 3.46. The van der Waals surface area contributed by atoms with Crippen LogP contribution in [-0.2, 0) is 0 Å². The molecule has 1 rings (SSSR count). The van der Waals surface area contributed by atoms with Crippen LogP contribution in [0.3, 0.4) is 0 Å². The fraction of sp³-hybridized carbons (Fsp3) is 1.00. The minimum absolute atomic E-state index is 0. The van der Waals surface area contributed by atoms with Crippen LogP contribution >= 0.6 is 0 Å². The van der Waals surface area contributed by atoms with Crippen molar-refractivity contribution in [3.63, 3.8) is 0 Å². The number of unbranched alkanes of at least 4 members (excludes halogenated alkanes) is 1. The third-order valence-corrected chi connectivity index (χ3v) is 6.77. The molecule has 210 valence electrons. The average molecular weight is 475 g/mol. The molecule has 1 aliphatic carbocycles. The maximum atomic E-state index is 2.37. The molecule has 0 heterocycles. The molecule has 0 aromatic carbocycles. The highest BCUT2D eigenvalue weighted by Crippen LogP contribution is 2.27. The lowest BCUT2D eigenvalue weighted by Gasteiger charge is -2.22. The topological polar surface area (TPSA) is 0 Å². The van der Waals surface area contributed by atoms with Gasteiger partial charge >= 0.3 is 0 Å². The molecule has 1 aliphatic rings. The predicted molar refractivity (Wildman–Crippen MR) is 165 cm³/mol. The normalized spacial score (nSPS) is 18.8. The molecule has 0 spiro atoms. The Kier molecular flexibility index (Phi) is 55.1. The molecule has 0 radical (unpaired) electrons. The summed E-state index contributed by atoms with van der Waals surface area (Å²) in [6, 6.07) is 0. The molecule has 0 aromatic heterocycles. The Morgan fingerprint density at radius 1 is 0.636 bits per heavy atom. The molecule has 0 N–H and O–H groups in total. The second-order valence-electron chi connectivity index (χ2n) is 10.2. The Morgan fingerprint density at radius 3 is 1.15 bits per heavy atom. The Balaban J connectivity index is -0.0000000710. The number of hydrogen-bond acceptors (Lipinski definition) is 0. The van der Waals surface area contributed by atoms with Gasteiger partial charge in [-0.05, 0) is 41.9 Å². The predicted octanol–water partition coefficient (Wildman–Crippen LogP) is 13.5. The molecular formula is C33H78. The Hall–Kier alpha value is 0. The van der Waals surface area contributed by atoms with Crippen molar-refractivity contribution in [3.05, 3.63) is 0 Å². The molecule has 33 heavy (non-hydrogen) atoms. The van der Waals surface area contributed by atoms with E-state index in [9.17, 15) is 0 Å². The van der Waals surface area contributed by atoms with Crippen molar-refractivity contribution in [3.8, 4) is 0 Å². The quantitative estimate of drug-likeness (QED) is 0.344. The van der Waals surface area contributed by atoms with E-state index in [0.717, 1.165) is 35.5 Å². The first-order valence-corrected chi connectivity index (χ1v) is 15.1. The van der Waals surface area contributed by atoms with Crippen LogP contribution in [0.1, 0.15) is 182 Å². The summed E-state index contributed by atoms with van der Waals surface area (Å²) in [5, 5.41) is 0. The summed E-state index contributed by atoms with van der Waals surface area (Å²) in [4.78, 5) is 0. The molecule has 0 aliphatic heterocycles. The first-order valence-electron chi connectivity index (χ1n) is 15.1. The van der Waals surface area contributed by atoms with Crippen LogP contribution in [0, 0.1) is 35.5 Å². The van der Waals surface area contributed by atoms with E-state index in [4.69, 9.17) is 0 Å². The summed E-state index contributed by atoms with van der Waals surface area (Å²) < 4.78 is 0. The minimum atomic E-state index is 0. The molecule has 1 saturated carbocycles. The molecule has 5 unspecified atom stereocenters. The van der Waals surface area contributed by atoms with Crippen LogP contribution in [0.25, 0.3) is 0 Å². The second-order valence-corrected chi connectivity index (χ2v) is 10.2. The number of rotatable bonds is 7. The lowest BCUT2D eigenvalue weighted by Crippen LogP contribution is -2.12. The summed E-state index contributed by atoms with van der Waals surface area (Å²) in [6.07, 6.45) is 13.9. The molecule has 0 bridgehead atoms. The van der Waals surface area contributed by atoms with Gasteiger partial charge in [0.05, 0.1) is 0 Å². The maximum absolute atomic E-state index is 2.37. The monoisotopic (exact) mass is 475 g/mol. The van der Waals surface area contributed by atoms with E-state index in [1.165, 1.54) is 64.2 Å². The van der Waals surface area contributed by atoms with Gasteiger partial charge in [0.25, 0.3) is 0 Å². The van der Waals surface area contributed by atoms with Gasteiger partial charge in [-0.2, -0.15) is 0 Å². The van der Waals surface area contributed by atoms with E-state index in [2.05, 4.69) is 83.1 Å². The van der Waals surface area contributed by atoms with E-state index in [-0.39, 0.29) is 7.43 Å². The van der Waals surface area contributed by atoms with Gasteiger partial charge in [0.2, 0.25) is 0 Å². The van der Waals surface area contributed by atoms with Gasteiger partial charge in [0, 0.05) is 0 Å². The van der Waals surface area contributed by atoms with Gasteiger partial charge in [-0.15, -0.1) is 0 Å². The summed E-state index contributed by atoms with van der Waals surface area (Å²) in [5.41, 5.74) is 0. The Bertz CT molecular complexity index is 257. The van der Waals surface area contributed by atoms with Crippen LogP contribution in [-0.4, -0.2) is 0 Å². The summed E-state index contributed by atoms with van der Waals surface area (Å²) >= 11 is 0. The standard InChI is InChI=1S/C9H20.C8H16.C7H16.C4H10.2C2H6.CH4/c1-6-8(4)9(5)7(2)3;1-7-4-3-5-8(2)6-7;1-4-6-7(3)5-2;1-3-4-2;2*1-2;/h7-9H,6H2,1-5H3;7-8H,3-6H2,1-2H3;7H,4-6H2,1-3H3;3-4H2,1-2H3;2*1-2H3;1H4. The SMILES string of the molecule is C.CC.CC.CC1CCCC(C)C1.CCC(C)C(C)C(C)C.CCCC.CCCC(C)CC. The molecule has 0 amide bonds. The van der Waals surface area contributed by atoms with Gasteiger partial charge in [-0.1, -0.05) is 176 Å². The highest BCUT2D eigenvalue weighted by atomic mass is 14.2. The summed E-state index contributed by atoms with van der Waals surface area (Å²) in [6.45, 7) is 35.5. The van der Waals surface area contributed by atoms with Gasteiger partial charge in [0.15, 0.2) is 0 Å². The van der Waals surface area contributed by atoms with Crippen molar-refractivity contribution in [2.45, 2.75) is 182 Å². The average Bonchev–Trinajstić information content (AvgIpc) is 2.81. The maximum Gasteiger partial charge on any atom is -0.0394 e. The zero-order valence-electron chi connectivity index (χ0n) is 26.5. The van der Waals surface area contributed by atoms with Crippen molar-refractivity contribution < 1.29 is 0 Å². The van der Waals surface area contributed by atoms with Crippen LogP contribution in [0.15, 0.2) is 0 Å². The van der Waals surface area contributed by atoms with E-state index >= 15 is 0 Å². The molecule has 0 heteroatoms. The van der Waals surface area contributed by atoms with E-state index < -0.39 is 0 Å². The Morgan fingerprint density at radius 2 is 1.03 bits per heavy atom. The van der Waals surface area contributed by atoms with E-state index in [1.807, 2.05) is 27.7 Å². The van der Waals surface area contributed by atoms with Crippen LogP contribution in [0.5, 0.6) is 0 Å². The fourth-order valence-corrected chi connectivity index (χ4v) is 3.46. The van der Waals surface area contributed by atoms with E-state index in [0.29, 0.717) is 0 Å². The van der Waals surface area contributed by atoms with Gasteiger partial charge in [-0.25, -0.2) is 0 Å². The lowest BCUT2D eigenvalue weighted by molar-refractivity contribution is 0.289. The lowest BCUT2D eigenvalue weighted by atomic mass is 9.84. The summed E-state index contributed by atoms with van der Waals surface area (Å²) in [5.74, 6) is 5.60. The first-order chi connectivity index (χ1) is 15.1. The van der Waals surface area contributed by atoms with Crippen LogP contribution < -0.4 is 0 Å². The molecule has 0 aromatic rings. The van der Waals surface area contributed by atoms with Crippen molar-refractivity contribution in [2.24, 2.45) is 35.5 Å². The van der Waals surface area contributed by atoms with Gasteiger partial charge in [-0.3, -0.25) is 0 Å². The first kappa shape index (κ1) is 46.4. The zero-order valence-corrected chi connectivity index (χ0v) is 26.5. The van der Waals surface area contributed by atoms with E-state index in [1.54, 1.807) is 0 Å². The molecule has 1 fully saturated rings. The third-order valence-electron chi connectivity index (χ3n) is 6.77. The molecular weight excluding hydrogens is 396 g/mol. The highest BCUT2D eigenvalue weighted by Gasteiger charge is 2.14. The molecule has 5 atom stereocenters. The zero-order chi connectivity index (χ0) is 26.5. The van der Waals surface area contributed by atoms with Crippen LogP contribution in [0.2, 0.25) is 0 Å². The van der Waals surface area contributed by atoms with Crippen molar-refractivity contribution in [1.82, 2.24) is 0 Å². The largest absolute Gasteiger partial charge is 0.0776 e. The summed E-state index contributed by atoms with van der Waals surface area (Å²) in [7, 11) is 0. The van der Waals surface area contributed by atoms with Crippen molar-refractivity contribution in [2.75, 3.05) is 0 Å². The van der Waals surface area contributed by atoms with Crippen LogP contribution in [0.4, 0.5) is 0 Å². The van der Waals surface area contributed by atoms with Gasteiger partial charge in [0.1, 0.15) is 0 Å². The minimum Gasteiger partial charge on any atom is -0.0776 e. The number of hydrogen-bond donors (Lipinski definition) is 0. The van der Waals surface area contributed by atoms with Crippen molar-refractivity contribution in [1.29, 1.82) is 0 Å². The Labute approximate surface area is 217 Å².